The van der Waals surface area contributed by atoms with Gasteiger partial charge in [0.1, 0.15) is 17.9 Å². The second-order valence-electron chi connectivity index (χ2n) is 4.27. The molecule has 110 valence electrons. The van der Waals surface area contributed by atoms with Crippen molar-refractivity contribution in [2.24, 2.45) is 0 Å². The Morgan fingerprint density at radius 1 is 1.19 bits per heavy atom. The molecular formula is C16H15ClO3S. The van der Waals surface area contributed by atoms with Gasteiger partial charge in [0, 0.05) is 9.92 Å². The zero-order chi connectivity index (χ0) is 15.2. The van der Waals surface area contributed by atoms with Gasteiger partial charge in [-0.05, 0) is 42.2 Å². The van der Waals surface area contributed by atoms with E-state index in [0.29, 0.717) is 16.3 Å². The number of hydrogen-bond acceptors (Lipinski definition) is 4. The van der Waals surface area contributed by atoms with Crippen molar-refractivity contribution in [3.05, 3.63) is 58.6 Å². The molecule has 0 saturated carbocycles. The lowest BCUT2D eigenvalue weighted by Crippen LogP contribution is -2.07. The number of halogens is 1. The molecule has 0 saturated heterocycles. The molecule has 0 spiro atoms. The lowest BCUT2D eigenvalue weighted by molar-refractivity contribution is 0.0469. The molecular weight excluding hydrogens is 308 g/mol. The van der Waals surface area contributed by atoms with E-state index in [1.807, 2.05) is 30.5 Å². The Labute approximate surface area is 133 Å². The van der Waals surface area contributed by atoms with E-state index < -0.39 is 5.97 Å². The van der Waals surface area contributed by atoms with Gasteiger partial charge in [-0.3, -0.25) is 0 Å². The normalized spacial score (nSPS) is 10.2. The third kappa shape index (κ3) is 4.16. The van der Waals surface area contributed by atoms with Crippen molar-refractivity contribution < 1.29 is 14.3 Å². The number of hydrogen-bond donors (Lipinski definition) is 0. The average molecular weight is 323 g/mol. The summed E-state index contributed by atoms with van der Waals surface area (Å²) in [7, 11) is 1.54. The van der Waals surface area contributed by atoms with E-state index in [1.165, 1.54) is 7.11 Å². The number of ether oxygens (including phenoxy) is 2. The Kier molecular flexibility index (Phi) is 5.53. The van der Waals surface area contributed by atoms with Gasteiger partial charge in [-0.25, -0.2) is 4.79 Å². The van der Waals surface area contributed by atoms with Crippen LogP contribution in [0.3, 0.4) is 0 Å². The molecule has 0 aliphatic rings. The lowest BCUT2D eigenvalue weighted by Gasteiger charge is -2.10. The van der Waals surface area contributed by atoms with Crippen LogP contribution >= 0.6 is 23.4 Å². The fourth-order valence-corrected chi connectivity index (χ4v) is 2.33. The van der Waals surface area contributed by atoms with Gasteiger partial charge in [-0.2, -0.15) is 0 Å². The maximum atomic E-state index is 12.1. The van der Waals surface area contributed by atoms with Crippen LogP contribution in [0.25, 0.3) is 0 Å². The highest BCUT2D eigenvalue weighted by Gasteiger charge is 2.14. The average Bonchev–Trinajstić information content (AvgIpc) is 2.53. The van der Waals surface area contributed by atoms with E-state index in [-0.39, 0.29) is 6.61 Å². The molecule has 2 rings (SSSR count). The fourth-order valence-electron chi connectivity index (χ4n) is 1.77. The summed E-state index contributed by atoms with van der Waals surface area (Å²) >= 11 is 7.40. The van der Waals surface area contributed by atoms with Crippen LogP contribution < -0.4 is 4.74 Å². The topological polar surface area (TPSA) is 35.5 Å². The van der Waals surface area contributed by atoms with Crippen LogP contribution in [0.4, 0.5) is 0 Å². The molecule has 0 fully saturated rings. The zero-order valence-corrected chi connectivity index (χ0v) is 13.3. The molecule has 3 nitrogen and oxygen atoms in total. The van der Waals surface area contributed by atoms with Crippen LogP contribution in [-0.2, 0) is 11.3 Å². The fraction of sp³-hybridized carbons (Fsp3) is 0.188. The van der Waals surface area contributed by atoms with Gasteiger partial charge in [-0.15, -0.1) is 11.8 Å². The zero-order valence-electron chi connectivity index (χ0n) is 11.8. The van der Waals surface area contributed by atoms with Crippen molar-refractivity contribution in [2.45, 2.75) is 11.5 Å². The Morgan fingerprint density at radius 3 is 2.52 bits per heavy atom. The highest BCUT2D eigenvalue weighted by atomic mass is 35.5. The molecule has 2 aromatic carbocycles. The Bertz CT molecular complexity index is 626. The molecule has 0 N–H and O–H groups in total. The summed E-state index contributed by atoms with van der Waals surface area (Å²) in [4.78, 5) is 13.2. The van der Waals surface area contributed by atoms with Crippen molar-refractivity contribution in [1.82, 2.24) is 0 Å². The first kappa shape index (κ1) is 15.7. The van der Waals surface area contributed by atoms with Gasteiger partial charge >= 0.3 is 5.97 Å². The lowest BCUT2D eigenvalue weighted by atomic mass is 10.2. The second kappa shape index (κ2) is 7.38. The van der Waals surface area contributed by atoms with Gasteiger partial charge in [0.15, 0.2) is 0 Å². The SMILES string of the molecule is COc1cc(SC)ccc1C(=O)OCc1ccc(Cl)cc1. The third-order valence-corrected chi connectivity index (χ3v) is 3.89. The number of rotatable bonds is 5. The summed E-state index contributed by atoms with van der Waals surface area (Å²) in [5, 5.41) is 0.652. The molecule has 0 bridgehead atoms. The first-order valence-electron chi connectivity index (χ1n) is 6.27. The number of methoxy groups -OCH3 is 1. The molecule has 0 aliphatic heterocycles. The monoisotopic (exact) mass is 322 g/mol. The summed E-state index contributed by atoms with van der Waals surface area (Å²) < 4.78 is 10.5. The maximum absolute atomic E-state index is 12.1. The second-order valence-corrected chi connectivity index (χ2v) is 5.58. The van der Waals surface area contributed by atoms with Crippen molar-refractivity contribution in [2.75, 3.05) is 13.4 Å². The summed E-state index contributed by atoms with van der Waals surface area (Å²) in [5.41, 5.74) is 1.30. The van der Waals surface area contributed by atoms with E-state index in [0.717, 1.165) is 10.5 Å². The summed E-state index contributed by atoms with van der Waals surface area (Å²) in [6.07, 6.45) is 1.97. The third-order valence-electron chi connectivity index (χ3n) is 2.91. The van der Waals surface area contributed by atoms with E-state index in [9.17, 15) is 4.79 Å². The molecule has 21 heavy (non-hydrogen) atoms. The molecule has 0 aliphatic carbocycles. The van der Waals surface area contributed by atoms with Crippen molar-refractivity contribution in [3.8, 4) is 5.75 Å². The molecule has 2 aromatic rings. The summed E-state index contributed by atoms with van der Waals surface area (Å²) in [5.74, 6) is 0.109. The smallest absolute Gasteiger partial charge is 0.342 e. The predicted octanol–water partition coefficient (Wildman–Crippen LogP) is 4.43. The minimum Gasteiger partial charge on any atom is -0.496 e. The van der Waals surface area contributed by atoms with E-state index >= 15 is 0 Å². The number of esters is 1. The van der Waals surface area contributed by atoms with Crippen LogP contribution in [0.15, 0.2) is 47.4 Å². The first-order chi connectivity index (χ1) is 10.1. The van der Waals surface area contributed by atoms with Crippen molar-refractivity contribution >= 4 is 29.3 Å². The standard InChI is InChI=1S/C16H15ClO3S/c1-19-15-9-13(21-2)7-8-14(15)16(18)20-10-11-3-5-12(17)6-4-11/h3-9H,10H2,1-2H3. The maximum Gasteiger partial charge on any atom is 0.342 e. The van der Waals surface area contributed by atoms with Gasteiger partial charge in [-0.1, -0.05) is 23.7 Å². The molecule has 0 heterocycles. The number of carbonyl (C=O) groups is 1. The number of benzene rings is 2. The highest BCUT2D eigenvalue weighted by Crippen LogP contribution is 2.26. The minimum absolute atomic E-state index is 0.198. The molecule has 5 heteroatoms. The summed E-state index contributed by atoms with van der Waals surface area (Å²) in [6.45, 7) is 0.198. The van der Waals surface area contributed by atoms with E-state index in [1.54, 1.807) is 30.0 Å². The van der Waals surface area contributed by atoms with Crippen LogP contribution in [0, 0.1) is 0 Å². The van der Waals surface area contributed by atoms with Gasteiger partial charge < -0.3 is 9.47 Å². The van der Waals surface area contributed by atoms with Crippen LogP contribution in [0.2, 0.25) is 5.02 Å². The Hall–Kier alpha value is -1.65. The van der Waals surface area contributed by atoms with Crippen LogP contribution in [0.1, 0.15) is 15.9 Å². The molecule has 0 aromatic heterocycles. The largest absolute Gasteiger partial charge is 0.496 e. The van der Waals surface area contributed by atoms with Crippen LogP contribution in [0.5, 0.6) is 5.75 Å². The van der Waals surface area contributed by atoms with E-state index in [2.05, 4.69) is 0 Å². The predicted molar refractivity (Wildman–Crippen MR) is 85.3 cm³/mol. The van der Waals surface area contributed by atoms with Crippen LogP contribution in [-0.4, -0.2) is 19.3 Å². The molecule has 0 atom stereocenters. The number of thioether (sulfide) groups is 1. The minimum atomic E-state index is -0.408. The quantitative estimate of drug-likeness (QED) is 0.602. The first-order valence-corrected chi connectivity index (χ1v) is 7.88. The van der Waals surface area contributed by atoms with Gasteiger partial charge in [0.05, 0.1) is 7.11 Å². The van der Waals surface area contributed by atoms with Crippen molar-refractivity contribution in [1.29, 1.82) is 0 Å². The number of carbonyl (C=O) groups excluding carboxylic acids is 1. The summed E-state index contributed by atoms with van der Waals surface area (Å²) in [6, 6.07) is 12.6. The van der Waals surface area contributed by atoms with Crippen molar-refractivity contribution in [3.63, 3.8) is 0 Å². The molecule has 0 radical (unpaired) electrons. The Morgan fingerprint density at radius 2 is 1.90 bits per heavy atom. The Balaban J connectivity index is 2.07. The van der Waals surface area contributed by atoms with Gasteiger partial charge in [0.25, 0.3) is 0 Å². The van der Waals surface area contributed by atoms with Gasteiger partial charge in [0.2, 0.25) is 0 Å². The highest BCUT2D eigenvalue weighted by molar-refractivity contribution is 7.98. The molecule has 0 amide bonds. The molecule has 0 unspecified atom stereocenters. The van der Waals surface area contributed by atoms with E-state index in [4.69, 9.17) is 21.1 Å².